The molecule has 25 heavy (non-hydrogen) atoms. The number of anilines is 1. The lowest BCUT2D eigenvalue weighted by atomic mass is 9.99. The van der Waals surface area contributed by atoms with Gasteiger partial charge in [-0.2, -0.15) is 0 Å². The number of carbonyl (C=O) groups excluding carboxylic acids is 1. The number of amides is 1. The zero-order valence-corrected chi connectivity index (χ0v) is 14.7. The molecule has 4 rings (SSSR count). The van der Waals surface area contributed by atoms with E-state index in [2.05, 4.69) is 12.1 Å². The lowest BCUT2D eigenvalue weighted by Crippen LogP contribution is -2.36. The number of hydrogen-bond acceptors (Lipinski definition) is 3. The Balaban J connectivity index is 1.58. The Kier molecular flexibility index (Phi) is 4.00. The number of benzene rings is 2. The third-order valence-electron chi connectivity index (χ3n) is 4.90. The molecule has 0 N–H and O–H groups in total. The van der Waals surface area contributed by atoms with Gasteiger partial charge in [0.05, 0.1) is 11.4 Å². The molecule has 1 amide bonds. The molecule has 2 aliphatic rings. The summed E-state index contributed by atoms with van der Waals surface area (Å²) < 4.78 is 25.6. The molecule has 1 fully saturated rings. The zero-order chi connectivity index (χ0) is 17.4. The van der Waals surface area contributed by atoms with E-state index >= 15 is 0 Å². The van der Waals surface area contributed by atoms with Crippen LogP contribution in [0.4, 0.5) is 5.69 Å². The van der Waals surface area contributed by atoms with E-state index in [9.17, 15) is 13.2 Å². The predicted molar refractivity (Wildman–Crippen MR) is 97.1 cm³/mol. The van der Waals surface area contributed by atoms with E-state index in [1.165, 1.54) is 15.4 Å². The van der Waals surface area contributed by atoms with E-state index in [1.54, 1.807) is 24.3 Å². The first kappa shape index (κ1) is 16.1. The minimum absolute atomic E-state index is 0.0482. The van der Waals surface area contributed by atoms with Gasteiger partial charge in [-0.1, -0.05) is 30.3 Å². The average molecular weight is 356 g/mol. The largest absolute Gasteiger partial charge is 0.334 e. The molecule has 6 heteroatoms. The van der Waals surface area contributed by atoms with Gasteiger partial charge in [0, 0.05) is 25.2 Å². The van der Waals surface area contributed by atoms with Gasteiger partial charge in [-0.3, -0.25) is 9.10 Å². The highest BCUT2D eigenvalue weighted by atomic mass is 32.2. The fourth-order valence-corrected chi connectivity index (χ4v) is 5.13. The minimum Gasteiger partial charge on any atom is -0.334 e. The molecule has 0 bridgehead atoms. The van der Waals surface area contributed by atoms with Crippen molar-refractivity contribution in [1.82, 2.24) is 4.90 Å². The highest BCUT2D eigenvalue weighted by Crippen LogP contribution is 2.26. The van der Waals surface area contributed by atoms with Crippen LogP contribution in [0.3, 0.4) is 0 Å². The van der Waals surface area contributed by atoms with Crippen LogP contribution in [0, 0.1) is 0 Å². The van der Waals surface area contributed by atoms with Crippen LogP contribution >= 0.6 is 0 Å². The molecule has 1 saturated heterocycles. The maximum Gasteiger partial charge on any atom is 0.254 e. The topological polar surface area (TPSA) is 57.7 Å². The van der Waals surface area contributed by atoms with Crippen molar-refractivity contribution in [1.29, 1.82) is 0 Å². The van der Waals surface area contributed by atoms with Crippen LogP contribution in [0.1, 0.15) is 27.9 Å². The summed E-state index contributed by atoms with van der Waals surface area (Å²) >= 11 is 0. The fourth-order valence-electron chi connectivity index (χ4n) is 3.58. The van der Waals surface area contributed by atoms with Crippen molar-refractivity contribution < 1.29 is 13.2 Å². The van der Waals surface area contributed by atoms with Gasteiger partial charge in [0.1, 0.15) is 0 Å². The van der Waals surface area contributed by atoms with Gasteiger partial charge in [-0.15, -0.1) is 0 Å². The molecular weight excluding hydrogens is 336 g/mol. The fraction of sp³-hybridized carbons (Fsp3) is 0.316. The number of fused-ring (bicyclic) bond motifs is 1. The second-order valence-corrected chi connectivity index (χ2v) is 8.55. The molecule has 0 radical (unpaired) electrons. The van der Waals surface area contributed by atoms with Crippen molar-refractivity contribution >= 4 is 21.6 Å². The molecular formula is C19H20N2O3S. The van der Waals surface area contributed by atoms with Crippen molar-refractivity contribution in [2.45, 2.75) is 19.4 Å². The smallest absolute Gasteiger partial charge is 0.254 e. The Bertz CT molecular complexity index is 924. The van der Waals surface area contributed by atoms with E-state index in [0.717, 1.165) is 6.42 Å². The monoisotopic (exact) mass is 356 g/mol. The van der Waals surface area contributed by atoms with Crippen molar-refractivity contribution in [2.24, 2.45) is 0 Å². The van der Waals surface area contributed by atoms with E-state index < -0.39 is 10.0 Å². The minimum atomic E-state index is -3.24. The lowest BCUT2D eigenvalue weighted by molar-refractivity contribution is 0.0734. The summed E-state index contributed by atoms with van der Waals surface area (Å²) in [5.41, 5.74) is 3.60. The highest BCUT2D eigenvalue weighted by molar-refractivity contribution is 7.93. The zero-order valence-electron chi connectivity index (χ0n) is 13.9. The van der Waals surface area contributed by atoms with Gasteiger partial charge in [0.15, 0.2) is 0 Å². The molecule has 0 atom stereocenters. The summed E-state index contributed by atoms with van der Waals surface area (Å²) in [6, 6.07) is 15.2. The van der Waals surface area contributed by atoms with Crippen molar-refractivity contribution in [3.63, 3.8) is 0 Å². The van der Waals surface area contributed by atoms with Crippen LogP contribution in [0.25, 0.3) is 0 Å². The summed E-state index contributed by atoms with van der Waals surface area (Å²) in [5.74, 6) is 0.126. The first-order valence-electron chi connectivity index (χ1n) is 8.51. The number of rotatable bonds is 2. The number of nitrogens with zero attached hydrogens (tertiary/aromatic N) is 2. The van der Waals surface area contributed by atoms with Gasteiger partial charge in [-0.25, -0.2) is 8.42 Å². The van der Waals surface area contributed by atoms with Gasteiger partial charge in [-0.05, 0) is 42.2 Å². The number of hydrogen-bond donors (Lipinski definition) is 0. The molecule has 2 heterocycles. The quantitative estimate of drug-likeness (QED) is 0.830. The molecule has 0 aliphatic carbocycles. The molecule has 130 valence electrons. The highest BCUT2D eigenvalue weighted by Gasteiger charge is 2.29. The molecule has 0 saturated carbocycles. The first-order chi connectivity index (χ1) is 12.0. The molecule has 0 unspecified atom stereocenters. The number of sulfonamides is 1. The molecule has 2 aromatic carbocycles. The van der Waals surface area contributed by atoms with Crippen molar-refractivity contribution in [3.8, 4) is 0 Å². The Hall–Kier alpha value is -2.34. The van der Waals surface area contributed by atoms with Crippen LogP contribution in [0.2, 0.25) is 0 Å². The Morgan fingerprint density at radius 1 is 0.960 bits per heavy atom. The van der Waals surface area contributed by atoms with E-state index in [4.69, 9.17) is 0 Å². The summed E-state index contributed by atoms with van der Waals surface area (Å²) in [6.45, 7) is 1.76. The summed E-state index contributed by atoms with van der Waals surface area (Å²) in [4.78, 5) is 14.7. The van der Waals surface area contributed by atoms with E-state index in [1.807, 2.05) is 17.0 Å². The second-order valence-electron chi connectivity index (χ2n) is 6.54. The van der Waals surface area contributed by atoms with Crippen molar-refractivity contribution in [3.05, 3.63) is 65.2 Å². The molecule has 2 aliphatic heterocycles. The summed E-state index contributed by atoms with van der Waals surface area (Å²) in [6.07, 6.45) is 1.48. The second kappa shape index (κ2) is 6.19. The van der Waals surface area contributed by atoms with E-state index in [0.29, 0.717) is 37.3 Å². The third-order valence-corrected chi connectivity index (χ3v) is 6.77. The van der Waals surface area contributed by atoms with Crippen LogP contribution in [-0.4, -0.2) is 38.1 Å². The van der Waals surface area contributed by atoms with Gasteiger partial charge >= 0.3 is 0 Å². The normalized spacial score (nSPS) is 18.9. The predicted octanol–water partition coefficient (Wildman–Crippen LogP) is 2.43. The van der Waals surface area contributed by atoms with Crippen LogP contribution in [0.5, 0.6) is 0 Å². The molecule has 0 spiro atoms. The van der Waals surface area contributed by atoms with Gasteiger partial charge in [0.2, 0.25) is 10.0 Å². The SMILES string of the molecule is O=C(c1cccc(N2CCCS2(=O)=O)c1)N1CCc2ccccc2C1. The van der Waals surface area contributed by atoms with E-state index in [-0.39, 0.29) is 11.7 Å². The third kappa shape index (κ3) is 3.02. The summed E-state index contributed by atoms with van der Waals surface area (Å²) in [7, 11) is -3.24. The average Bonchev–Trinajstić information content (AvgIpc) is 3.00. The van der Waals surface area contributed by atoms with Crippen LogP contribution in [0.15, 0.2) is 48.5 Å². The molecule has 2 aromatic rings. The summed E-state index contributed by atoms with van der Waals surface area (Å²) in [5, 5.41) is 0. The molecule has 0 aromatic heterocycles. The maximum absolute atomic E-state index is 12.9. The Morgan fingerprint density at radius 2 is 1.76 bits per heavy atom. The lowest BCUT2D eigenvalue weighted by Gasteiger charge is -2.29. The standard InChI is InChI=1S/C19H20N2O3S/c22-19(20-11-9-15-5-1-2-6-17(15)14-20)16-7-3-8-18(13-16)21-10-4-12-25(21,23)24/h1-3,5-8,13H,4,9-12,14H2. The number of carbonyl (C=O) groups is 1. The molecule has 5 nitrogen and oxygen atoms in total. The van der Waals surface area contributed by atoms with Gasteiger partial charge < -0.3 is 4.90 Å². The Labute approximate surface area is 147 Å². The maximum atomic E-state index is 12.9. The first-order valence-corrected chi connectivity index (χ1v) is 10.1. The Morgan fingerprint density at radius 3 is 2.52 bits per heavy atom. The van der Waals surface area contributed by atoms with Crippen LogP contribution in [-0.2, 0) is 23.0 Å². The van der Waals surface area contributed by atoms with Crippen LogP contribution < -0.4 is 4.31 Å². The van der Waals surface area contributed by atoms with Gasteiger partial charge in [0.25, 0.3) is 5.91 Å². The van der Waals surface area contributed by atoms with Crippen molar-refractivity contribution in [2.75, 3.05) is 23.1 Å².